The molecule has 2 aromatic rings. The molecule has 86 valence electrons. The van der Waals surface area contributed by atoms with Crippen LogP contribution in [-0.4, -0.2) is 5.78 Å². The van der Waals surface area contributed by atoms with E-state index in [1.165, 1.54) is 0 Å². The van der Waals surface area contributed by atoms with Gasteiger partial charge in [-0.15, -0.1) is 0 Å². The van der Waals surface area contributed by atoms with E-state index in [0.29, 0.717) is 16.1 Å². The van der Waals surface area contributed by atoms with Crippen LogP contribution in [0.5, 0.6) is 0 Å². The van der Waals surface area contributed by atoms with Crippen molar-refractivity contribution < 1.29 is 4.79 Å². The molecule has 0 heterocycles. The van der Waals surface area contributed by atoms with Crippen LogP contribution < -0.4 is 0 Å². The van der Waals surface area contributed by atoms with Crippen molar-refractivity contribution in [1.82, 2.24) is 0 Å². The molecule has 2 aromatic carbocycles. The van der Waals surface area contributed by atoms with Crippen LogP contribution in [0.25, 0.3) is 0 Å². The fraction of sp³-hybridized carbons (Fsp3) is 0.0714. The molecule has 0 aliphatic carbocycles. The van der Waals surface area contributed by atoms with Crippen molar-refractivity contribution in [3.63, 3.8) is 0 Å². The maximum Gasteiger partial charge on any atom is 0.193 e. The Kier molecular flexibility index (Phi) is 3.65. The smallest absolute Gasteiger partial charge is 0.193 e. The Morgan fingerprint density at radius 2 is 1.65 bits per heavy atom. The number of aryl methyl sites for hydroxylation is 1. The van der Waals surface area contributed by atoms with Gasteiger partial charge in [0.2, 0.25) is 0 Å². The third kappa shape index (κ3) is 2.76. The number of halogens is 2. The van der Waals surface area contributed by atoms with Crippen LogP contribution in [-0.2, 0) is 0 Å². The normalized spacial score (nSPS) is 10.3. The molecule has 0 radical (unpaired) electrons. The van der Waals surface area contributed by atoms with Crippen LogP contribution in [0.1, 0.15) is 21.5 Å². The van der Waals surface area contributed by atoms with Gasteiger partial charge in [-0.05, 0) is 41.1 Å². The molecule has 0 aliphatic heterocycles. The monoisotopic (exact) mass is 308 g/mol. The minimum absolute atomic E-state index is 0.0144. The molecular formula is C14H10BrClO. The van der Waals surface area contributed by atoms with Gasteiger partial charge in [0, 0.05) is 15.6 Å². The highest BCUT2D eigenvalue weighted by atomic mass is 79.9. The molecule has 0 fully saturated rings. The van der Waals surface area contributed by atoms with Gasteiger partial charge >= 0.3 is 0 Å². The van der Waals surface area contributed by atoms with Gasteiger partial charge in [0.05, 0.1) is 5.02 Å². The average Bonchev–Trinajstić information content (AvgIpc) is 2.33. The molecule has 0 saturated carbocycles. The molecule has 2 rings (SSSR count). The van der Waals surface area contributed by atoms with Crippen LogP contribution in [0.15, 0.2) is 46.9 Å². The van der Waals surface area contributed by atoms with E-state index in [2.05, 4.69) is 15.9 Å². The van der Waals surface area contributed by atoms with E-state index < -0.39 is 0 Å². The Morgan fingerprint density at radius 1 is 1.06 bits per heavy atom. The number of benzene rings is 2. The second-order valence-electron chi connectivity index (χ2n) is 3.82. The van der Waals surface area contributed by atoms with E-state index in [1.54, 1.807) is 18.2 Å². The minimum Gasteiger partial charge on any atom is -0.289 e. The lowest BCUT2D eigenvalue weighted by Crippen LogP contribution is -2.01. The van der Waals surface area contributed by atoms with E-state index in [0.717, 1.165) is 10.0 Å². The van der Waals surface area contributed by atoms with Gasteiger partial charge in [0.25, 0.3) is 0 Å². The topological polar surface area (TPSA) is 17.1 Å². The summed E-state index contributed by atoms with van der Waals surface area (Å²) in [6.45, 7) is 1.99. The number of rotatable bonds is 2. The number of ketones is 1. The van der Waals surface area contributed by atoms with Crippen molar-refractivity contribution in [3.8, 4) is 0 Å². The van der Waals surface area contributed by atoms with Gasteiger partial charge in [-0.3, -0.25) is 4.79 Å². The molecule has 0 spiro atoms. The van der Waals surface area contributed by atoms with E-state index in [4.69, 9.17) is 11.6 Å². The van der Waals surface area contributed by atoms with Gasteiger partial charge in [0.1, 0.15) is 0 Å². The van der Waals surface area contributed by atoms with Crippen molar-refractivity contribution in [3.05, 3.63) is 68.7 Å². The molecule has 3 heteroatoms. The summed E-state index contributed by atoms with van der Waals surface area (Å²) >= 11 is 9.27. The van der Waals surface area contributed by atoms with E-state index in [1.807, 2.05) is 31.2 Å². The van der Waals surface area contributed by atoms with Gasteiger partial charge in [0.15, 0.2) is 5.78 Å². The summed E-state index contributed by atoms with van der Waals surface area (Å²) in [7, 11) is 0. The Labute approximate surface area is 114 Å². The van der Waals surface area contributed by atoms with E-state index in [-0.39, 0.29) is 5.78 Å². The molecule has 17 heavy (non-hydrogen) atoms. The third-order valence-electron chi connectivity index (χ3n) is 2.50. The zero-order valence-electron chi connectivity index (χ0n) is 9.21. The Balaban J connectivity index is 2.37. The van der Waals surface area contributed by atoms with Gasteiger partial charge in [-0.1, -0.05) is 41.4 Å². The summed E-state index contributed by atoms with van der Waals surface area (Å²) in [6, 6.07) is 12.7. The molecule has 0 N–H and O–H groups in total. The zero-order valence-corrected chi connectivity index (χ0v) is 11.5. The first-order valence-electron chi connectivity index (χ1n) is 5.14. The number of carbonyl (C=O) groups excluding carboxylic acids is 1. The van der Waals surface area contributed by atoms with Crippen molar-refractivity contribution in [2.45, 2.75) is 6.92 Å². The lowest BCUT2D eigenvalue weighted by Gasteiger charge is -2.03. The maximum atomic E-state index is 12.1. The van der Waals surface area contributed by atoms with E-state index in [9.17, 15) is 4.79 Å². The quantitative estimate of drug-likeness (QED) is 0.738. The molecule has 1 nitrogen and oxygen atoms in total. The average molecular weight is 310 g/mol. The summed E-state index contributed by atoms with van der Waals surface area (Å²) in [5, 5.41) is 0.544. The maximum absolute atomic E-state index is 12.1. The fourth-order valence-corrected chi connectivity index (χ4v) is 1.94. The minimum atomic E-state index is -0.0144. The van der Waals surface area contributed by atoms with Crippen molar-refractivity contribution in [2.24, 2.45) is 0 Å². The number of hydrogen-bond donors (Lipinski definition) is 0. The van der Waals surface area contributed by atoms with Crippen LogP contribution >= 0.6 is 27.5 Å². The molecule has 0 unspecified atom stereocenters. The zero-order chi connectivity index (χ0) is 12.4. The molecule has 0 saturated heterocycles. The Hall–Kier alpha value is -1.12. The second kappa shape index (κ2) is 5.03. The molecule has 0 aromatic heterocycles. The molecule has 0 amide bonds. The SMILES string of the molecule is Cc1ccc(C(=O)c2ccc(Br)c(Cl)c2)cc1. The van der Waals surface area contributed by atoms with Crippen molar-refractivity contribution in [1.29, 1.82) is 0 Å². The molecule has 0 aliphatic rings. The van der Waals surface area contributed by atoms with Crippen LogP contribution in [0.3, 0.4) is 0 Å². The summed E-state index contributed by atoms with van der Waals surface area (Å²) in [5.41, 5.74) is 2.41. The fourth-order valence-electron chi connectivity index (χ4n) is 1.51. The van der Waals surface area contributed by atoms with Gasteiger partial charge in [-0.2, -0.15) is 0 Å². The molecule has 0 bridgehead atoms. The highest BCUT2D eigenvalue weighted by molar-refractivity contribution is 9.10. The summed E-state index contributed by atoms with van der Waals surface area (Å²) in [5.74, 6) is -0.0144. The molecular weight excluding hydrogens is 300 g/mol. The summed E-state index contributed by atoms with van der Waals surface area (Å²) in [6.07, 6.45) is 0. The van der Waals surface area contributed by atoms with Crippen molar-refractivity contribution in [2.75, 3.05) is 0 Å². The lowest BCUT2D eigenvalue weighted by atomic mass is 10.0. The summed E-state index contributed by atoms with van der Waals surface area (Å²) < 4.78 is 0.791. The standard InChI is InChI=1S/C14H10BrClO/c1-9-2-4-10(5-3-9)14(17)11-6-7-12(15)13(16)8-11/h2-8H,1H3. The first-order valence-corrected chi connectivity index (χ1v) is 6.31. The highest BCUT2D eigenvalue weighted by Crippen LogP contribution is 2.24. The largest absolute Gasteiger partial charge is 0.289 e. The third-order valence-corrected chi connectivity index (χ3v) is 3.73. The predicted octanol–water partition coefficient (Wildman–Crippen LogP) is 4.64. The number of carbonyl (C=O) groups is 1. The van der Waals surface area contributed by atoms with Gasteiger partial charge in [-0.25, -0.2) is 0 Å². The Morgan fingerprint density at radius 3 is 2.24 bits per heavy atom. The summed E-state index contributed by atoms with van der Waals surface area (Å²) in [4.78, 5) is 12.1. The van der Waals surface area contributed by atoms with Gasteiger partial charge < -0.3 is 0 Å². The van der Waals surface area contributed by atoms with E-state index >= 15 is 0 Å². The van der Waals surface area contributed by atoms with Crippen LogP contribution in [0.4, 0.5) is 0 Å². The first-order chi connectivity index (χ1) is 8.08. The second-order valence-corrected chi connectivity index (χ2v) is 5.09. The highest BCUT2D eigenvalue weighted by Gasteiger charge is 2.10. The van der Waals surface area contributed by atoms with Crippen LogP contribution in [0, 0.1) is 6.92 Å². The lowest BCUT2D eigenvalue weighted by molar-refractivity contribution is 0.103. The Bertz CT molecular complexity index is 561. The van der Waals surface area contributed by atoms with Crippen LogP contribution in [0.2, 0.25) is 5.02 Å². The van der Waals surface area contributed by atoms with Crippen molar-refractivity contribution >= 4 is 33.3 Å². The molecule has 0 atom stereocenters. The number of hydrogen-bond acceptors (Lipinski definition) is 1. The predicted molar refractivity (Wildman–Crippen MR) is 73.8 cm³/mol. The first kappa shape index (κ1) is 12.3.